The van der Waals surface area contributed by atoms with Crippen molar-refractivity contribution >= 4 is 5.91 Å². The van der Waals surface area contributed by atoms with Gasteiger partial charge < -0.3 is 15.3 Å². The fraction of sp³-hybridized carbons (Fsp3) is 0.769. The fourth-order valence-electron chi connectivity index (χ4n) is 2.59. The molecule has 1 rings (SSSR count). The van der Waals surface area contributed by atoms with Gasteiger partial charge in [0.15, 0.2) is 0 Å². The second kappa shape index (κ2) is 6.77. The lowest BCUT2D eigenvalue weighted by Crippen LogP contribution is -2.55. The zero-order chi connectivity index (χ0) is 12.7. The monoisotopic (exact) mass is 240 g/mol. The van der Waals surface area contributed by atoms with Crippen LogP contribution in [-0.4, -0.2) is 47.7 Å². The Balaban J connectivity index is 2.77. The quantitative estimate of drug-likeness (QED) is 0.651. The molecule has 0 aromatic carbocycles. The molecule has 0 aromatic rings. The largest absolute Gasteiger partial charge is 0.395 e. The minimum atomic E-state index is -0.396. The van der Waals surface area contributed by atoms with Crippen molar-refractivity contribution in [2.75, 3.05) is 26.2 Å². The van der Waals surface area contributed by atoms with E-state index in [1.807, 2.05) is 0 Å². The Morgan fingerprint density at radius 3 is 2.88 bits per heavy atom. The standard InChI is InChI=1S/C13H24N2O2/c1-3-6-13(7-5-8-14-13)12(17)15(9-4-2)10-11-16/h4,14,16H,2-3,5-11H2,1H3. The van der Waals surface area contributed by atoms with E-state index in [0.717, 1.165) is 32.2 Å². The Kier molecular flexibility index (Phi) is 5.65. The van der Waals surface area contributed by atoms with Crippen molar-refractivity contribution in [2.24, 2.45) is 0 Å². The second-order valence-electron chi connectivity index (χ2n) is 4.63. The first-order valence-corrected chi connectivity index (χ1v) is 6.46. The van der Waals surface area contributed by atoms with Crippen LogP contribution in [0.3, 0.4) is 0 Å². The number of nitrogens with one attached hydrogen (secondary N) is 1. The molecule has 0 saturated carbocycles. The van der Waals surface area contributed by atoms with Crippen LogP contribution in [0.25, 0.3) is 0 Å². The minimum absolute atomic E-state index is 0.00177. The summed E-state index contributed by atoms with van der Waals surface area (Å²) in [6, 6.07) is 0. The van der Waals surface area contributed by atoms with E-state index in [1.54, 1.807) is 11.0 Å². The molecule has 4 heteroatoms. The van der Waals surface area contributed by atoms with Gasteiger partial charge in [0.25, 0.3) is 0 Å². The molecule has 2 N–H and O–H groups in total. The third-order valence-corrected chi connectivity index (χ3v) is 3.34. The molecule has 0 aliphatic carbocycles. The van der Waals surface area contributed by atoms with Crippen LogP contribution >= 0.6 is 0 Å². The molecular weight excluding hydrogens is 216 g/mol. The highest BCUT2D eigenvalue weighted by Gasteiger charge is 2.41. The number of carbonyl (C=O) groups is 1. The van der Waals surface area contributed by atoms with Gasteiger partial charge in [-0.2, -0.15) is 0 Å². The van der Waals surface area contributed by atoms with Crippen LogP contribution in [0.1, 0.15) is 32.6 Å². The number of aliphatic hydroxyl groups is 1. The lowest BCUT2D eigenvalue weighted by atomic mass is 9.90. The smallest absolute Gasteiger partial charge is 0.243 e. The summed E-state index contributed by atoms with van der Waals surface area (Å²) < 4.78 is 0. The Morgan fingerprint density at radius 1 is 1.65 bits per heavy atom. The van der Waals surface area contributed by atoms with Crippen LogP contribution in [0.15, 0.2) is 12.7 Å². The average Bonchev–Trinajstić information content (AvgIpc) is 2.78. The summed E-state index contributed by atoms with van der Waals surface area (Å²) in [6.45, 7) is 7.57. The molecule has 4 nitrogen and oxygen atoms in total. The summed E-state index contributed by atoms with van der Waals surface area (Å²) in [5.41, 5.74) is -0.396. The molecule has 0 spiro atoms. The van der Waals surface area contributed by atoms with E-state index >= 15 is 0 Å². The molecular formula is C13H24N2O2. The van der Waals surface area contributed by atoms with Crippen LogP contribution in [0.5, 0.6) is 0 Å². The second-order valence-corrected chi connectivity index (χ2v) is 4.63. The minimum Gasteiger partial charge on any atom is -0.395 e. The molecule has 98 valence electrons. The van der Waals surface area contributed by atoms with E-state index in [4.69, 9.17) is 5.11 Å². The zero-order valence-corrected chi connectivity index (χ0v) is 10.7. The summed E-state index contributed by atoms with van der Waals surface area (Å²) in [5, 5.41) is 12.4. The first-order valence-electron chi connectivity index (χ1n) is 6.46. The van der Waals surface area contributed by atoms with Crippen molar-refractivity contribution in [3.05, 3.63) is 12.7 Å². The molecule has 17 heavy (non-hydrogen) atoms. The zero-order valence-electron chi connectivity index (χ0n) is 10.7. The summed E-state index contributed by atoms with van der Waals surface area (Å²) in [5.74, 6) is 0.116. The summed E-state index contributed by atoms with van der Waals surface area (Å²) in [6.07, 6.45) is 5.51. The summed E-state index contributed by atoms with van der Waals surface area (Å²) >= 11 is 0. The maximum Gasteiger partial charge on any atom is 0.243 e. The molecule has 1 unspecified atom stereocenters. The van der Waals surface area contributed by atoms with Crippen molar-refractivity contribution in [1.29, 1.82) is 0 Å². The number of hydrogen-bond donors (Lipinski definition) is 2. The van der Waals surface area contributed by atoms with Gasteiger partial charge in [0, 0.05) is 13.1 Å². The third-order valence-electron chi connectivity index (χ3n) is 3.34. The topological polar surface area (TPSA) is 52.6 Å². The molecule has 1 fully saturated rings. The predicted molar refractivity (Wildman–Crippen MR) is 68.7 cm³/mol. The molecule has 0 bridgehead atoms. The average molecular weight is 240 g/mol. The Labute approximate surface area is 104 Å². The fourth-order valence-corrected chi connectivity index (χ4v) is 2.59. The number of rotatable bonds is 7. The van der Waals surface area contributed by atoms with Crippen LogP contribution in [0.2, 0.25) is 0 Å². The van der Waals surface area contributed by atoms with Crippen LogP contribution in [0.4, 0.5) is 0 Å². The molecule has 1 saturated heterocycles. The van der Waals surface area contributed by atoms with Gasteiger partial charge in [-0.3, -0.25) is 4.79 Å². The van der Waals surface area contributed by atoms with Crippen molar-refractivity contribution < 1.29 is 9.90 Å². The van der Waals surface area contributed by atoms with Gasteiger partial charge in [0.2, 0.25) is 5.91 Å². The van der Waals surface area contributed by atoms with Crippen LogP contribution in [0, 0.1) is 0 Å². The van der Waals surface area contributed by atoms with Crippen molar-refractivity contribution in [1.82, 2.24) is 10.2 Å². The van der Waals surface area contributed by atoms with E-state index in [1.165, 1.54) is 0 Å². The van der Waals surface area contributed by atoms with Crippen molar-refractivity contribution in [3.8, 4) is 0 Å². The van der Waals surface area contributed by atoms with E-state index in [-0.39, 0.29) is 12.5 Å². The van der Waals surface area contributed by atoms with E-state index in [2.05, 4.69) is 18.8 Å². The highest BCUT2D eigenvalue weighted by atomic mass is 16.3. The maximum atomic E-state index is 12.5. The molecule has 1 amide bonds. The summed E-state index contributed by atoms with van der Waals surface area (Å²) in [7, 11) is 0. The van der Waals surface area contributed by atoms with E-state index < -0.39 is 5.54 Å². The number of hydrogen-bond acceptors (Lipinski definition) is 3. The maximum absolute atomic E-state index is 12.5. The van der Waals surface area contributed by atoms with Gasteiger partial charge in [-0.05, 0) is 25.8 Å². The lowest BCUT2D eigenvalue weighted by Gasteiger charge is -2.34. The van der Waals surface area contributed by atoms with Gasteiger partial charge in [0.1, 0.15) is 0 Å². The highest BCUT2D eigenvalue weighted by Crippen LogP contribution is 2.27. The molecule has 0 radical (unpaired) electrons. The SMILES string of the molecule is C=CCN(CCO)C(=O)C1(CCC)CCCN1. The number of aliphatic hydroxyl groups excluding tert-OH is 1. The van der Waals surface area contributed by atoms with Crippen LogP contribution < -0.4 is 5.32 Å². The molecule has 1 atom stereocenters. The number of amides is 1. The molecule has 1 aliphatic heterocycles. The van der Waals surface area contributed by atoms with Gasteiger partial charge in [0.05, 0.1) is 12.1 Å². The normalized spacial score (nSPS) is 23.6. The van der Waals surface area contributed by atoms with Crippen molar-refractivity contribution in [3.63, 3.8) is 0 Å². The van der Waals surface area contributed by atoms with E-state index in [0.29, 0.717) is 13.1 Å². The number of carbonyl (C=O) groups excluding carboxylic acids is 1. The Bertz CT molecular complexity index is 260. The Hall–Kier alpha value is -0.870. The van der Waals surface area contributed by atoms with Crippen molar-refractivity contribution in [2.45, 2.75) is 38.1 Å². The van der Waals surface area contributed by atoms with Gasteiger partial charge in [-0.25, -0.2) is 0 Å². The summed E-state index contributed by atoms with van der Waals surface area (Å²) in [4.78, 5) is 14.2. The Morgan fingerprint density at radius 2 is 2.41 bits per heavy atom. The first-order chi connectivity index (χ1) is 8.20. The van der Waals surface area contributed by atoms with Gasteiger partial charge in [-0.1, -0.05) is 19.4 Å². The van der Waals surface area contributed by atoms with Crippen LogP contribution in [-0.2, 0) is 4.79 Å². The first kappa shape index (κ1) is 14.2. The highest BCUT2D eigenvalue weighted by molar-refractivity contribution is 5.87. The van der Waals surface area contributed by atoms with E-state index in [9.17, 15) is 4.79 Å². The lowest BCUT2D eigenvalue weighted by molar-refractivity contribution is -0.138. The van der Waals surface area contributed by atoms with Gasteiger partial charge >= 0.3 is 0 Å². The molecule has 1 aliphatic rings. The van der Waals surface area contributed by atoms with Gasteiger partial charge in [-0.15, -0.1) is 6.58 Å². The molecule has 0 aromatic heterocycles. The predicted octanol–water partition coefficient (Wildman–Crippen LogP) is 0.916. The third kappa shape index (κ3) is 3.30. The molecule has 1 heterocycles. The number of nitrogens with zero attached hydrogens (tertiary/aromatic N) is 1.